The van der Waals surface area contributed by atoms with E-state index in [1.54, 1.807) is 0 Å². The highest BCUT2D eigenvalue weighted by molar-refractivity contribution is 5.10. The second-order valence-corrected chi connectivity index (χ2v) is 2.71. The van der Waals surface area contributed by atoms with Crippen molar-refractivity contribution in [2.45, 2.75) is 6.54 Å². The smallest absolute Gasteiger partial charge is 0.390 e. The molecule has 0 saturated heterocycles. The van der Waals surface area contributed by atoms with Crippen LogP contribution < -0.4 is 0 Å². The minimum absolute atomic E-state index is 0.202. The van der Waals surface area contributed by atoms with Crippen LogP contribution in [0.5, 0.6) is 0 Å². The molecule has 0 atom stereocenters. The van der Waals surface area contributed by atoms with Crippen LogP contribution in [0.2, 0.25) is 0 Å². The van der Waals surface area contributed by atoms with Crippen LogP contribution in [-0.2, 0) is 6.54 Å². The van der Waals surface area contributed by atoms with Crippen LogP contribution in [0.15, 0.2) is 6.20 Å². The van der Waals surface area contributed by atoms with Crippen molar-refractivity contribution >= 4 is 5.95 Å². The summed E-state index contributed by atoms with van der Waals surface area (Å²) in [6, 6.07) is 0. The highest BCUT2D eigenvalue weighted by atomic mass is 16.6. The van der Waals surface area contributed by atoms with Gasteiger partial charge in [0.25, 0.3) is 0 Å². The Morgan fingerprint density at radius 1 is 1.75 bits per heavy atom. The molecule has 0 aliphatic carbocycles. The second-order valence-electron chi connectivity index (χ2n) is 2.71. The summed E-state index contributed by atoms with van der Waals surface area (Å²) in [6.45, 7) is 0.602. The predicted molar refractivity (Wildman–Crippen MR) is 42.6 cm³/mol. The Bertz CT molecular complexity index is 281. The fourth-order valence-corrected chi connectivity index (χ4v) is 0.847. The summed E-state index contributed by atoms with van der Waals surface area (Å²) in [7, 11) is 3.75. The number of nitrogens with zero attached hydrogens (tertiary/aromatic N) is 3. The summed E-state index contributed by atoms with van der Waals surface area (Å²) in [6.07, 6.45) is 1.54. The van der Waals surface area contributed by atoms with Crippen molar-refractivity contribution < 1.29 is 4.92 Å². The van der Waals surface area contributed by atoms with Gasteiger partial charge >= 0.3 is 5.95 Å². The van der Waals surface area contributed by atoms with Gasteiger partial charge in [-0.1, -0.05) is 4.98 Å². The number of nitrogens with one attached hydrogen (secondary N) is 1. The van der Waals surface area contributed by atoms with Crippen molar-refractivity contribution in [2.24, 2.45) is 0 Å². The highest BCUT2D eigenvalue weighted by Crippen LogP contribution is 2.05. The lowest BCUT2D eigenvalue weighted by atomic mass is 10.4. The molecule has 0 saturated carbocycles. The van der Waals surface area contributed by atoms with E-state index in [0.717, 1.165) is 0 Å². The highest BCUT2D eigenvalue weighted by Gasteiger charge is 2.11. The van der Waals surface area contributed by atoms with E-state index in [0.29, 0.717) is 12.2 Å². The van der Waals surface area contributed by atoms with Crippen molar-refractivity contribution in [1.82, 2.24) is 14.9 Å². The van der Waals surface area contributed by atoms with Gasteiger partial charge in [-0.2, -0.15) is 0 Å². The van der Waals surface area contributed by atoms with Crippen molar-refractivity contribution in [1.29, 1.82) is 0 Å². The Balaban J connectivity index is 2.71. The zero-order valence-corrected chi connectivity index (χ0v) is 6.94. The number of hydrogen-bond acceptors (Lipinski definition) is 4. The summed E-state index contributed by atoms with van der Waals surface area (Å²) in [4.78, 5) is 17.8. The SMILES string of the molecule is CN(C)Cc1c[nH]c([N+](=O)[O-])n1. The van der Waals surface area contributed by atoms with Crippen LogP contribution in [-0.4, -0.2) is 33.9 Å². The van der Waals surface area contributed by atoms with E-state index >= 15 is 0 Å². The first-order valence-corrected chi connectivity index (χ1v) is 3.43. The fraction of sp³-hybridized carbons (Fsp3) is 0.500. The van der Waals surface area contributed by atoms with Gasteiger partial charge in [0.2, 0.25) is 0 Å². The molecule has 1 N–H and O–H groups in total. The molecule has 1 aromatic heterocycles. The molecule has 0 aliphatic rings. The lowest BCUT2D eigenvalue weighted by molar-refractivity contribution is -0.393. The van der Waals surface area contributed by atoms with Gasteiger partial charge in [-0.05, 0) is 19.0 Å². The number of aromatic nitrogens is 2. The molecule has 0 aromatic carbocycles. The largest absolute Gasteiger partial charge is 0.432 e. The van der Waals surface area contributed by atoms with Gasteiger partial charge in [0.15, 0.2) is 5.69 Å². The summed E-state index contributed by atoms with van der Waals surface area (Å²) in [5.41, 5.74) is 0.673. The molecule has 12 heavy (non-hydrogen) atoms. The van der Waals surface area contributed by atoms with E-state index in [4.69, 9.17) is 0 Å². The maximum Gasteiger partial charge on any atom is 0.432 e. The van der Waals surface area contributed by atoms with Crippen molar-refractivity contribution in [3.63, 3.8) is 0 Å². The number of H-pyrrole nitrogens is 1. The van der Waals surface area contributed by atoms with Crippen LogP contribution in [0.3, 0.4) is 0 Å². The minimum atomic E-state index is -0.542. The molecule has 0 aliphatic heterocycles. The third kappa shape index (κ3) is 2.03. The fourth-order valence-electron chi connectivity index (χ4n) is 0.847. The number of rotatable bonds is 3. The van der Waals surface area contributed by atoms with Crippen molar-refractivity contribution in [3.05, 3.63) is 22.0 Å². The maximum atomic E-state index is 10.2. The summed E-state index contributed by atoms with van der Waals surface area (Å²) >= 11 is 0. The molecule has 0 fully saturated rings. The number of aromatic amines is 1. The van der Waals surface area contributed by atoms with Crippen molar-refractivity contribution in [2.75, 3.05) is 14.1 Å². The molecule has 0 spiro atoms. The van der Waals surface area contributed by atoms with E-state index in [9.17, 15) is 10.1 Å². The zero-order valence-electron chi connectivity index (χ0n) is 6.94. The Kier molecular flexibility index (Phi) is 2.39. The van der Waals surface area contributed by atoms with Gasteiger partial charge in [0, 0.05) is 0 Å². The average Bonchev–Trinajstić information content (AvgIpc) is 2.34. The molecule has 1 heterocycles. The van der Waals surface area contributed by atoms with Gasteiger partial charge in [0.1, 0.15) is 6.20 Å². The maximum absolute atomic E-state index is 10.2. The molecule has 1 aromatic rings. The summed E-state index contributed by atoms with van der Waals surface area (Å²) < 4.78 is 0. The van der Waals surface area contributed by atoms with Crippen LogP contribution in [0.4, 0.5) is 5.95 Å². The number of hydrogen-bond donors (Lipinski definition) is 1. The van der Waals surface area contributed by atoms with Gasteiger partial charge in [-0.25, -0.2) is 4.98 Å². The molecule has 66 valence electrons. The molecule has 1 rings (SSSR count). The van der Waals surface area contributed by atoms with Gasteiger partial charge in [0.05, 0.1) is 6.54 Å². The van der Waals surface area contributed by atoms with Crippen LogP contribution in [0.25, 0.3) is 0 Å². The molecule has 0 bridgehead atoms. The molecule has 6 heteroatoms. The van der Waals surface area contributed by atoms with E-state index in [2.05, 4.69) is 9.97 Å². The second kappa shape index (κ2) is 3.31. The average molecular weight is 170 g/mol. The predicted octanol–water partition coefficient (Wildman–Crippen LogP) is 0.380. The van der Waals surface area contributed by atoms with E-state index in [1.165, 1.54) is 6.20 Å². The Labute approximate surface area is 69.4 Å². The first kappa shape index (κ1) is 8.66. The zero-order chi connectivity index (χ0) is 9.14. The topological polar surface area (TPSA) is 75.1 Å². The number of nitro groups is 1. The Morgan fingerprint density at radius 3 is 2.83 bits per heavy atom. The van der Waals surface area contributed by atoms with Gasteiger partial charge in [-0.15, -0.1) is 0 Å². The molecule has 6 nitrogen and oxygen atoms in total. The van der Waals surface area contributed by atoms with Crippen LogP contribution in [0.1, 0.15) is 5.69 Å². The Hall–Kier alpha value is -1.43. The first-order valence-electron chi connectivity index (χ1n) is 3.43. The Morgan fingerprint density at radius 2 is 2.42 bits per heavy atom. The van der Waals surface area contributed by atoms with Crippen molar-refractivity contribution in [3.8, 4) is 0 Å². The normalized spacial score (nSPS) is 10.6. The standard InChI is InChI=1S/C6H10N4O2/c1-9(2)4-5-3-7-6(8-5)10(11)12/h3H,4H2,1-2H3,(H,7,8). The van der Waals surface area contributed by atoms with Crippen LogP contribution in [0, 0.1) is 10.1 Å². The van der Waals surface area contributed by atoms with Gasteiger partial charge in [-0.3, -0.25) is 0 Å². The third-order valence-corrected chi connectivity index (χ3v) is 1.27. The van der Waals surface area contributed by atoms with Gasteiger partial charge < -0.3 is 15.0 Å². The number of imidazole rings is 1. The minimum Gasteiger partial charge on any atom is -0.390 e. The molecular formula is C6H10N4O2. The van der Waals surface area contributed by atoms with E-state index < -0.39 is 4.92 Å². The monoisotopic (exact) mass is 170 g/mol. The van der Waals surface area contributed by atoms with E-state index in [1.807, 2.05) is 19.0 Å². The lowest BCUT2D eigenvalue weighted by Crippen LogP contribution is -2.10. The van der Waals surface area contributed by atoms with E-state index in [-0.39, 0.29) is 5.95 Å². The summed E-state index contributed by atoms with van der Waals surface area (Å²) in [5, 5.41) is 10.2. The molecule has 0 unspecified atom stereocenters. The lowest BCUT2D eigenvalue weighted by Gasteiger charge is -2.02. The van der Waals surface area contributed by atoms with Crippen LogP contribution >= 0.6 is 0 Å². The summed E-state index contributed by atoms with van der Waals surface area (Å²) in [5.74, 6) is -0.202. The quantitative estimate of drug-likeness (QED) is 0.525. The molecule has 0 radical (unpaired) electrons. The molecule has 0 amide bonds. The molecular weight excluding hydrogens is 160 g/mol. The third-order valence-electron chi connectivity index (χ3n) is 1.27. The first-order chi connectivity index (χ1) is 5.59.